The smallest absolute Gasteiger partial charge is 0.139 e. The van der Waals surface area contributed by atoms with Gasteiger partial charge in [0.05, 0.1) is 22.4 Å². The highest BCUT2D eigenvalue weighted by Crippen LogP contribution is 2.24. The summed E-state index contributed by atoms with van der Waals surface area (Å²) in [5.41, 5.74) is 1.12. The van der Waals surface area contributed by atoms with Gasteiger partial charge in [-0.05, 0) is 24.6 Å². The Morgan fingerprint density at radius 3 is 3.10 bits per heavy atom. The highest BCUT2D eigenvalue weighted by molar-refractivity contribution is 7.89. The lowest BCUT2D eigenvalue weighted by Crippen LogP contribution is -1.95. The molecule has 0 saturated carbocycles. The third-order valence-electron chi connectivity index (χ3n) is 3.02. The summed E-state index contributed by atoms with van der Waals surface area (Å²) >= 11 is 0. The lowest BCUT2D eigenvalue weighted by atomic mass is 10.2. The van der Waals surface area contributed by atoms with E-state index in [9.17, 15) is 4.21 Å². The molecule has 20 heavy (non-hydrogen) atoms. The Balaban J connectivity index is 2.05. The van der Waals surface area contributed by atoms with E-state index in [4.69, 9.17) is 5.26 Å². The van der Waals surface area contributed by atoms with Gasteiger partial charge in [-0.15, -0.1) is 0 Å². The number of allylic oxidation sites excluding steroid dienone is 6. The number of rotatable bonds is 2. The average Bonchev–Trinajstić information content (AvgIpc) is 2.73. The molecule has 2 heterocycles. The maximum absolute atomic E-state index is 12.6. The number of nitrogens with one attached hydrogen (secondary N) is 1. The molecule has 5 heteroatoms. The van der Waals surface area contributed by atoms with Crippen molar-refractivity contribution in [2.45, 2.75) is 11.4 Å². The summed E-state index contributed by atoms with van der Waals surface area (Å²) in [6.45, 7) is 0. The van der Waals surface area contributed by atoms with Gasteiger partial charge in [0.1, 0.15) is 10.7 Å². The van der Waals surface area contributed by atoms with E-state index in [2.05, 4.69) is 16.0 Å². The summed E-state index contributed by atoms with van der Waals surface area (Å²) in [6, 6.07) is 5.51. The highest BCUT2D eigenvalue weighted by atomic mass is 32.2. The number of aromatic nitrogens is 2. The minimum atomic E-state index is -1.27. The molecule has 0 bridgehead atoms. The third-order valence-corrected chi connectivity index (χ3v) is 4.42. The van der Waals surface area contributed by atoms with Gasteiger partial charge < -0.3 is 4.98 Å². The van der Waals surface area contributed by atoms with Crippen LogP contribution in [0, 0.1) is 11.3 Å². The Morgan fingerprint density at radius 2 is 2.25 bits per heavy atom. The van der Waals surface area contributed by atoms with Crippen LogP contribution in [-0.2, 0) is 10.8 Å². The Kier molecular flexibility index (Phi) is 3.32. The van der Waals surface area contributed by atoms with Crippen molar-refractivity contribution in [3.8, 4) is 6.07 Å². The van der Waals surface area contributed by atoms with Gasteiger partial charge in [-0.1, -0.05) is 24.3 Å². The second-order valence-corrected chi connectivity index (χ2v) is 5.79. The molecule has 0 amide bonds. The summed E-state index contributed by atoms with van der Waals surface area (Å²) in [6.07, 6.45) is 11.8. The van der Waals surface area contributed by atoms with Gasteiger partial charge in [0.2, 0.25) is 0 Å². The van der Waals surface area contributed by atoms with E-state index >= 15 is 0 Å². The topological polar surface area (TPSA) is 69.5 Å². The van der Waals surface area contributed by atoms with Crippen LogP contribution >= 0.6 is 0 Å². The average molecular weight is 281 g/mol. The Labute approximate surface area is 118 Å². The van der Waals surface area contributed by atoms with Crippen molar-refractivity contribution in [3.05, 3.63) is 59.2 Å². The van der Waals surface area contributed by atoms with Crippen LogP contribution < -0.4 is 0 Å². The fourth-order valence-corrected chi connectivity index (χ4v) is 3.18. The molecule has 1 aliphatic rings. The Hall–Kier alpha value is -2.45. The van der Waals surface area contributed by atoms with E-state index in [0.717, 1.165) is 4.91 Å². The lowest BCUT2D eigenvalue weighted by Gasteiger charge is -2.01. The molecule has 0 aliphatic heterocycles. The molecule has 2 aromatic rings. The zero-order valence-corrected chi connectivity index (χ0v) is 11.4. The molecule has 1 atom stereocenters. The van der Waals surface area contributed by atoms with E-state index < -0.39 is 10.8 Å². The number of aromatic amines is 1. The first kappa shape index (κ1) is 12.6. The van der Waals surface area contributed by atoms with E-state index in [1.807, 2.05) is 30.4 Å². The first-order chi connectivity index (χ1) is 9.79. The van der Waals surface area contributed by atoms with Gasteiger partial charge in [-0.3, -0.25) is 0 Å². The predicted octanol–water partition coefficient (Wildman–Crippen LogP) is 2.94. The fourth-order valence-electron chi connectivity index (χ4n) is 2.04. The molecule has 0 fully saturated rings. The largest absolute Gasteiger partial charge is 0.332 e. The van der Waals surface area contributed by atoms with Crippen LogP contribution in [0.3, 0.4) is 0 Å². The van der Waals surface area contributed by atoms with E-state index in [0.29, 0.717) is 28.0 Å². The standard InChI is InChI=1S/C15H11N3OS/c16-10-11-7-8-17-15-13(11)9-14(18-15)20(19)12-5-3-1-2-4-6-12/h1-5,7-9H,6H2,(H,17,18). The minimum absolute atomic E-state index is 0.532. The van der Waals surface area contributed by atoms with E-state index in [1.165, 1.54) is 0 Å². The van der Waals surface area contributed by atoms with Crippen molar-refractivity contribution in [2.24, 2.45) is 0 Å². The maximum Gasteiger partial charge on any atom is 0.139 e. The lowest BCUT2D eigenvalue weighted by molar-refractivity contribution is 0.684. The number of fused-ring (bicyclic) bond motifs is 1. The number of nitriles is 1. The van der Waals surface area contributed by atoms with Gasteiger partial charge in [0.25, 0.3) is 0 Å². The number of hydrogen-bond acceptors (Lipinski definition) is 3. The molecule has 2 aromatic heterocycles. The number of H-pyrrole nitrogens is 1. The van der Waals surface area contributed by atoms with Crippen molar-refractivity contribution in [1.82, 2.24) is 9.97 Å². The van der Waals surface area contributed by atoms with Gasteiger partial charge in [0, 0.05) is 16.5 Å². The molecule has 1 N–H and O–H groups in total. The number of pyridine rings is 1. The SMILES string of the molecule is N#Cc1ccnc2[nH]c(S(=O)C3=CC=CC=CC3)cc12. The van der Waals surface area contributed by atoms with E-state index in [1.54, 1.807) is 18.3 Å². The van der Waals surface area contributed by atoms with Crippen LogP contribution in [0.4, 0.5) is 0 Å². The van der Waals surface area contributed by atoms with Crippen molar-refractivity contribution >= 4 is 21.8 Å². The van der Waals surface area contributed by atoms with Crippen LogP contribution in [0.5, 0.6) is 0 Å². The molecule has 0 radical (unpaired) electrons. The second kappa shape index (κ2) is 5.27. The second-order valence-electron chi connectivity index (χ2n) is 4.29. The minimum Gasteiger partial charge on any atom is -0.332 e. The van der Waals surface area contributed by atoms with Crippen LogP contribution in [0.25, 0.3) is 11.0 Å². The molecule has 0 aromatic carbocycles. The monoisotopic (exact) mass is 281 g/mol. The van der Waals surface area contributed by atoms with Crippen molar-refractivity contribution in [2.75, 3.05) is 0 Å². The summed E-state index contributed by atoms with van der Waals surface area (Å²) in [4.78, 5) is 8.02. The third kappa shape index (κ3) is 2.22. The Bertz CT molecular complexity index is 821. The normalized spacial score (nSPS) is 15.7. The van der Waals surface area contributed by atoms with Gasteiger partial charge in [-0.25, -0.2) is 9.19 Å². The highest BCUT2D eigenvalue weighted by Gasteiger charge is 2.14. The first-order valence-corrected chi connectivity index (χ1v) is 7.26. The first-order valence-electron chi connectivity index (χ1n) is 6.11. The number of nitrogens with zero attached hydrogens (tertiary/aromatic N) is 2. The quantitative estimate of drug-likeness (QED) is 0.920. The summed E-state index contributed by atoms with van der Waals surface area (Å²) in [7, 11) is -1.27. The van der Waals surface area contributed by atoms with Crippen LogP contribution in [0.2, 0.25) is 0 Å². The molecular weight excluding hydrogens is 270 g/mol. The molecule has 1 aliphatic carbocycles. The van der Waals surface area contributed by atoms with Crippen molar-refractivity contribution in [1.29, 1.82) is 5.26 Å². The van der Waals surface area contributed by atoms with Gasteiger partial charge in [-0.2, -0.15) is 5.26 Å². The molecule has 3 rings (SSSR count). The molecule has 98 valence electrons. The zero-order valence-electron chi connectivity index (χ0n) is 10.5. The molecule has 0 saturated heterocycles. The molecular formula is C15H11N3OS. The molecule has 1 unspecified atom stereocenters. The van der Waals surface area contributed by atoms with E-state index in [-0.39, 0.29) is 0 Å². The van der Waals surface area contributed by atoms with Crippen LogP contribution in [0.1, 0.15) is 12.0 Å². The van der Waals surface area contributed by atoms with Crippen LogP contribution in [0.15, 0.2) is 58.6 Å². The Morgan fingerprint density at radius 1 is 1.35 bits per heavy atom. The zero-order chi connectivity index (χ0) is 13.9. The van der Waals surface area contributed by atoms with Gasteiger partial charge in [0.15, 0.2) is 0 Å². The van der Waals surface area contributed by atoms with Crippen molar-refractivity contribution in [3.63, 3.8) is 0 Å². The summed E-state index contributed by atoms with van der Waals surface area (Å²) < 4.78 is 12.6. The molecule has 0 spiro atoms. The molecule has 4 nitrogen and oxygen atoms in total. The van der Waals surface area contributed by atoms with Gasteiger partial charge >= 0.3 is 0 Å². The van der Waals surface area contributed by atoms with Crippen LogP contribution in [-0.4, -0.2) is 14.2 Å². The summed E-state index contributed by atoms with van der Waals surface area (Å²) in [5, 5.41) is 10.4. The van der Waals surface area contributed by atoms with Crippen molar-refractivity contribution < 1.29 is 4.21 Å². The predicted molar refractivity (Wildman–Crippen MR) is 78.2 cm³/mol. The maximum atomic E-state index is 12.6. The summed E-state index contributed by atoms with van der Waals surface area (Å²) in [5.74, 6) is 0. The number of hydrogen-bond donors (Lipinski definition) is 1. The fraction of sp³-hybridized carbons (Fsp3) is 0.0667.